The first kappa shape index (κ1) is 24.1. The van der Waals surface area contributed by atoms with Crippen LogP contribution in [0.2, 0.25) is 0 Å². The van der Waals surface area contributed by atoms with Crippen LogP contribution in [-0.4, -0.2) is 30.5 Å². The minimum atomic E-state index is 0.0814. The molecule has 1 saturated heterocycles. The standard InChI is InChI=1S/C30H37NO3/c1-8-33-29-23(7)30-26(27(17-34-30)24-10-9-18(2)12-21(24)5)14-25(29)22(6)13-28(32)31-15-19(3)11-20(4)16-31/h9-10,12-14,17,19-20H,8,11,15-16H2,1-7H3/b22-13+. The van der Waals surface area contributed by atoms with Crippen molar-refractivity contribution < 1.29 is 13.9 Å². The molecule has 1 amide bonds. The van der Waals surface area contributed by atoms with Gasteiger partial charge in [-0.25, -0.2) is 0 Å². The van der Waals surface area contributed by atoms with Crippen molar-refractivity contribution in [3.63, 3.8) is 0 Å². The number of carbonyl (C=O) groups excluding carboxylic acids is 1. The molecule has 2 atom stereocenters. The van der Waals surface area contributed by atoms with E-state index in [-0.39, 0.29) is 5.91 Å². The van der Waals surface area contributed by atoms with Crippen LogP contribution in [0.5, 0.6) is 5.75 Å². The normalized spacial score (nSPS) is 19.0. The Hall–Kier alpha value is -3.01. The van der Waals surface area contributed by atoms with Crippen molar-refractivity contribution >= 4 is 22.4 Å². The first-order chi connectivity index (χ1) is 16.2. The van der Waals surface area contributed by atoms with E-state index in [1.165, 1.54) is 17.5 Å². The number of hydrogen-bond donors (Lipinski definition) is 0. The van der Waals surface area contributed by atoms with Crippen LogP contribution in [0.4, 0.5) is 0 Å². The van der Waals surface area contributed by atoms with Gasteiger partial charge in [0.1, 0.15) is 11.3 Å². The molecule has 4 nitrogen and oxygen atoms in total. The molecular formula is C30H37NO3. The highest BCUT2D eigenvalue weighted by Crippen LogP contribution is 2.41. The summed E-state index contributed by atoms with van der Waals surface area (Å²) in [6.45, 7) is 16.9. The molecule has 0 saturated carbocycles. The summed E-state index contributed by atoms with van der Waals surface area (Å²) in [5, 5.41) is 1.04. The number of hydrogen-bond acceptors (Lipinski definition) is 3. The lowest BCUT2D eigenvalue weighted by atomic mass is 9.91. The van der Waals surface area contributed by atoms with Gasteiger partial charge in [-0.2, -0.15) is 0 Å². The van der Waals surface area contributed by atoms with Gasteiger partial charge in [0.15, 0.2) is 0 Å². The monoisotopic (exact) mass is 459 g/mol. The zero-order valence-electron chi connectivity index (χ0n) is 21.6. The third-order valence-electron chi connectivity index (χ3n) is 6.95. The summed E-state index contributed by atoms with van der Waals surface area (Å²) in [5.74, 6) is 1.94. The maximum atomic E-state index is 13.2. The molecule has 180 valence electrons. The molecule has 4 rings (SSSR count). The van der Waals surface area contributed by atoms with Gasteiger partial charge in [-0.15, -0.1) is 0 Å². The molecule has 0 spiro atoms. The Kier molecular flexibility index (Phi) is 6.88. The number of benzene rings is 2. The molecule has 0 radical (unpaired) electrons. The number of nitrogens with zero attached hydrogens (tertiary/aromatic N) is 1. The highest BCUT2D eigenvalue weighted by molar-refractivity contribution is 6.02. The van der Waals surface area contributed by atoms with Crippen LogP contribution >= 0.6 is 0 Å². The molecule has 1 fully saturated rings. The van der Waals surface area contributed by atoms with Crippen LogP contribution < -0.4 is 4.74 Å². The Labute approximate surface area is 203 Å². The first-order valence-corrected chi connectivity index (χ1v) is 12.4. The molecule has 0 N–H and O–H groups in total. The molecule has 2 aromatic carbocycles. The van der Waals surface area contributed by atoms with Crippen molar-refractivity contribution in [3.05, 3.63) is 58.9 Å². The van der Waals surface area contributed by atoms with Gasteiger partial charge in [-0.05, 0) is 75.6 Å². The molecule has 1 aromatic heterocycles. The smallest absolute Gasteiger partial charge is 0.246 e. The van der Waals surface area contributed by atoms with Crippen molar-refractivity contribution in [2.24, 2.45) is 11.8 Å². The van der Waals surface area contributed by atoms with Crippen LogP contribution in [0.25, 0.3) is 27.7 Å². The van der Waals surface area contributed by atoms with Crippen LogP contribution in [0.15, 0.2) is 41.0 Å². The Balaban J connectivity index is 1.81. The molecule has 3 aromatic rings. The largest absolute Gasteiger partial charge is 0.493 e. The number of amides is 1. The lowest BCUT2D eigenvalue weighted by molar-refractivity contribution is -0.128. The van der Waals surface area contributed by atoms with E-state index >= 15 is 0 Å². The van der Waals surface area contributed by atoms with Crippen molar-refractivity contribution in [3.8, 4) is 16.9 Å². The van der Waals surface area contributed by atoms with Gasteiger partial charge in [0.05, 0.1) is 12.9 Å². The number of allylic oxidation sites excluding steroid dienone is 1. The second kappa shape index (κ2) is 9.69. The molecule has 2 unspecified atom stereocenters. The number of ether oxygens (including phenoxy) is 1. The fourth-order valence-corrected chi connectivity index (χ4v) is 5.46. The highest BCUT2D eigenvalue weighted by atomic mass is 16.5. The van der Waals surface area contributed by atoms with E-state index in [1.807, 2.05) is 31.9 Å². The lowest BCUT2D eigenvalue weighted by Crippen LogP contribution is -2.41. The number of likely N-dealkylation sites (tertiary alicyclic amines) is 1. The molecule has 1 aliphatic heterocycles. The minimum Gasteiger partial charge on any atom is -0.493 e. The maximum absolute atomic E-state index is 13.2. The maximum Gasteiger partial charge on any atom is 0.246 e. The third kappa shape index (κ3) is 4.64. The van der Waals surface area contributed by atoms with E-state index < -0.39 is 0 Å². The fraction of sp³-hybridized carbons (Fsp3) is 0.433. The molecule has 1 aliphatic rings. The second-order valence-electron chi connectivity index (χ2n) is 10.2. The Morgan fingerprint density at radius 1 is 1.12 bits per heavy atom. The Morgan fingerprint density at radius 2 is 1.82 bits per heavy atom. The van der Waals surface area contributed by atoms with Gasteiger partial charge >= 0.3 is 0 Å². The topological polar surface area (TPSA) is 42.7 Å². The van der Waals surface area contributed by atoms with E-state index in [0.29, 0.717) is 18.4 Å². The second-order valence-corrected chi connectivity index (χ2v) is 10.2. The summed E-state index contributed by atoms with van der Waals surface area (Å²) in [4.78, 5) is 15.2. The fourth-order valence-electron chi connectivity index (χ4n) is 5.46. The molecular weight excluding hydrogens is 422 g/mol. The van der Waals surface area contributed by atoms with E-state index in [1.54, 1.807) is 6.08 Å². The van der Waals surface area contributed by atoms with Crippen LogP contribution in [0.3, 0.4) is 0 Å². The molecule has 34 heavy (non-hydrogen) atoms. The predicted octanol–water partition coefficient (Wildman–Crippen LogP) is 7.33. The van der Waals surface area contributed by atoms with Crippen LogP contribution in [0.1, 0.15) is 56.4 Å². The quantitative estimate of drug-likeness (QED) is 0.375. The summed E-state index contributed by atoms with van der Waals surface area (Å²) in [5.41, 5.74) is 8.34. The first-order valence-electron chi connectivity index (χ1n) is 12.4. The zero-order valence-corrected chi connectivity index (χ0v) is 21.6. The van der Waals surface area contributed by atoms with Crippen molar-refractivity contribution in [1.82, 2.24) is 4.90 Å². The van der Waals surface area contributed by atoms with E-state index in [9.17, 15) is 4.79 Å². The highest BCUT2D eigenvalue weighted by Gasteiger charge is 2.25. The Morgan fingerprint density at radius 3 is 2.47 bits per heavy atom. The summed E-state index contributed by atoms with van der Waals surface area (Å²) in [6.07, 6.45) is 4.80. The van der Waals surface area contributed by atoms with Crippen molar-refractivity contribution in [1.29, 1.82) is 0 Å². The van der Waals surface area contributed by atoms with Gasteiger partial charge < -0.3 is 14.1 Å². The summed E-state index contributed by atoms with van der Waals surface area (Å²) in [6, 6.07) is 8.62. The SMILES string of the molecule is CCOc1c(/C(C)=C/C(=O)N2CC(C)CC(C)C2)cc2c(-c3ccc(C)cc3C)coc2c1C. The average Bonchev–Trinajstić information content (AvgIpc) is 3.19. The third-order valence-corrected chi connectivity index (χ3v) is 6.95. The summed E-state index contributed by atoms with van der Waals surface area (Å²) >= 11 is 0. The number of piperidine rings is 1. The van der Waals surface area contributed by atoms with E-state index in [0.717, 1.165) is 57.6 Å². The molecule has 0 aliphatic carbocycles. The van der Waals surface area contributed by atoms with Crippen LogP contribution in [-0.2, 0) is 4.79 Å². The zero-order chi connectivity index (χ0) is 24.6. The average molecular weight is 460 g/mol. The number of fused-ring (bicyclic) bond motifs is 1. The van der Waals surface area contributed by atoms with Gasteiger partial charge in [0.2, 0.25) is 5.91 Å². The Bertz CT molecular complexity index is 1240. The van der Waals surface area contributed by atoms with E-state index in [4.69, 9.17) is 9.15 Å². The number of furan rings is 1. The number of aryl methyl sites for hydroxylation is 3. The summed E-state index contributed by atoms with van der Waals surface area (Å²) < 4.78 is 12.2. The van der Waals surface area contributed by atoms with Gasteiger partial charge in [0, 0.05) is 41.2 Å². The number of rotatable bonds is 5. The predicted molar refractivity (Wildman–Crippen MR) is 140 cm³/mol. The van der Waals surface area contributed by atoms with E-state index in [2.05, 4.69) is 52.0 Å². The van der Waals surface area contributed by atoms with Gasteiger partial charge in [-0.3, -0.25) is 4.79 Å². The lowest BCUT2D eigenvalue weighted by Gasteiger charge is -2.34. The number of carbonyl (C=O) groups is 1. The summed E-state index contributed by atoms with van der Waals surface area (Å²) in [7, 11) is 0. The molecule has 0 bridgehead atoms. The van der Waals surface area contributed by atoms with Gasteiger partial charge in [0.25, 0.3) is 0 Å². The van der Waals surface area contributed by atoms with Crippen molar-refractivity contribution in [2.45, 2.75) is 54.9 Å². The molecule has 4 heteroatoms. The van der Waals surface area contributed by atoms with Gasteiger partial charge in [-0.1, -0.05) is 37.6 Å². The van der Waals surface area contributed by atoms with Crippen LogP contribution in [0, 0.1) is 32.6 Å². The molecule has 2 heterocycles. The minimum absolute atomic E-state index is 0.0814. The van der Waals surface area contributed by atoms with Crippen molar-refractivity contribution in [2.75, 3.05) is 19.7 Å².